The van der Waals surface area contributed by atoms with Gasteiger partial charge < -0.3 is 14.3 Å². The van der Waals surface area contributed by atoms with Gasteiger partial charge in [-0.05, 0) is 44.3 Å². The van der Waals surface area contributed by atoms with Crippen LogP contribution in [0.25, 0.3) is 0 Å². The number of hydrogen-bond acceptors (Lipinski definition) is 3. The van der Waals surface area contributed by atoms with E-state index in [9.17, 15) is 5.11 Å². The van der Waals surface area contributed by atoms with Crippen LogP contribution in [-0.4, -0.2) is 38.3 Å². The van der Waals surface area contributed by atoms with Crippen molar-refractivity contribution in [2.45, 2.75) is 90.3 Å². The van der Waals surface area contributed by atoms with Crippen molar-refractivity contribution in [1.29, 1.82) is 0 Å². The van der Waals surface area contributed by atoms with E-state index in [1.807, 2.05) is 6.08 Å². The monoisotopic (exact) mass is 380 g/mol. The highest BCUT2D eigenvalue weighted by atomic mass is 28.4. The molecule has 0 aromatic rings. The zero-order valence-corrected chi connectivity index (χ0v) is 18.9. The largest absolute Gasteiger partial charge is 0.413 e. The van der Waals surface area contributed by atoms with Crippen LogP contribution in [0.2, 0.25) is 18.1 Å². The van der Waals surface area contributed by atoms with Gasteiger partial charge in [0, 0.05) is 12.5 Å². The lowest BCUT2D eigenvalue weighted by Crippen LogP contribution is -2.51. The lowest BCUT2D eigenvalue weighted by molar-refractivity contribution is -0.112. The molecule has 0 aromatic heterocycles. The van der Waals surface area contributed by atoms with Crippen molar-refractivity contribution in [2.24, 2.45) is 5.92 Å². The summed E-state index contributed by atoms with van der Waals surface area (Å²) in [5, 5.41) is 9.58. The maximum atomic E-state index is 9.40. The normalized spacial score (nSPS) is 28.5. The molecular weight excluding hydrogens is 340 g/mol. The van der Waals surface area contributed by atoms with Crippen molar-refractivity contribution in [3.8, 4) is 0 Å². The maximum absolute atomic E-state index is 9.40. The highest BCUT2D eigenvalue weighted by molar-refractivity contribution is 6.74. The number of ether oxygens (including phenoxy) is 1. The Kier molecular flexibility index (Phi) is 9.00. The molecule has 3 nitrogen and oxygen atoms in total. The lowest BCUT2D eigenvalue weighted by Gasteiger charge is -2.46. The standard InChI is InChI=1S/C22H40O3Si/c1-9-10-11-12-17(2)15-20-18(3)21(16-19(24-20)13-14-23)25-26(7,8)22(4,5)6/h9,11-12,15,18-21,23H,1,10,13-14,16H2,2-8H3/b12-11+,17-15+/t18-,19-,20+,21-/m1/s1. The molecule has 0 spiro atoms. The average Bonchev–Trinajstić information content (AvgIpc) is 2.51. The van der Waals surface area contributed by atoms with Crippen LogP contribution in [0.5, 0.6) is 0 Å². The second-order valence-corrected chi connectivity index (χ2v) is 13.8. The molecule has 0 aliphatic carbocycles. The first kappa shape index (κ1) is 23.4. The van der Waals surface area contributed by atoms with E-state index in [0.717, 1.165) is 12.8 Å². The third kappa shape index (κ3) is 6.80. The van der Waals surface area contributed by atoms with Gasteiger partial charge in [-0.1, -0.05) is 57.6 Å². The van der Waals surface area contributed by atoms with Crippen LogP contribution in [0.3, 0.4) is 0 Å². The first-order chi connectivity index (χ1) is 12.0. The molecule has 0 bridgehead atoms. The first-order valence-electron chi connectivity index (χ1n) is 9.91. The van der Waals surface area contributed by atoms with E-state index in [-0.39, 0.29) is 30.0 Å². The van der Waals surface area contributed by atoms with Crippen LogP contribution in [-0.2, 0) is 9.16 Å². The van der Waals surface area contributed by atoms with Crippen molar-refractivity contribution in [3.63, 3.8) is 0 Å². The number of aliphatic hydroxyl groups is 1. The van der Waals surface area contributed by atoms with E-state index in [1.165, 1.54) is 5.57 Å². The second kappa shape index (κ2) is 10.0. The summed E-state index contributed by atoms with van der Waals surface area (Å²) in [5.74, 6) is 0.293. The number of aliphatic hydroxyl groups excluding tert-OH is 1. The molecule has 0 saturated carbocycles. The third-order valence-corrected chi connectivity index (χ3v) is 10.3. The summed E-state index contributed by atoms with van der Waals surface area (Å²) in [6.07, 6.45) is 11.0. The quantitative estimate of drug-likeness (QED) is 0.337. The van der Waals surface area contributed by atoms with Crippen molar-refractivity contribution < 1.29 is 14.3 Å². The third-order valence-electron chi connectivity index (χ3n) is 5.76. The van der Waals surface area contributed by atoms with Gasteiger partial charge in [0.2, 0.25) is 0 Å². The highest BCUT2D eigenvalue weighted by Crippen LogP contribution is 2.41. The molecule has 1 fully saturated rings. The number of hydrogen-bond donors (Lipinski definition) is 1. The fourth-order valence-electron chi connectivity index (χ4n) is 2.98. The minimum atomic E-state index is -1.85. The molecule has 1 heterocycles. The summed E-state index contributed by atoms with van der Waals surface area (Å²) < 4.78 is 13.1. The van der Waals surface area contributed by atoms with E-state index in [4.69, 9.17) is 9.16 Å². The molecule has 0 unspecified atom stereocenters. The van der Waals surface area contributed by atoms with Crippen molar-refractivity contribution in [3.05, 3.63) is 36.5 Å². The van der Waals surface area contributed by atoms with Gasteiger partial charge in [0.15, 0.2) is 8.32 Å². The Hall–Kier alpha value is -0.683. The van der Waals surface area contributed by atoms with Crippen LogP contribution < -0.4 is 0 Å². The molecule has 1 aliphatic heterocycles. The second-order valence-electron chi connectivity index (χ2n) is 9.08. The van der Waals surface area contributed by atoms with Crippen LogP contribution in [0.4, 0.5) is 0 Å². The SMILES string of the molecule is C=CC/C=C/C(C)=C/[C@@H]1O[C@H](CCO)C[C@@H](O[Si](C)(C)C(C)(C)C)[C@@H]1C. The first-order valence-corrected chi connectivity index (χ1v) is 12.8. The van der Waals surface area contributed by atoms with Crippen LogP contribution >= 0.6 is 0 Å². The smallest absolute Gasteiger partial charge is 0.192 e. The molecular formula is C22H40O3Si. The van der Waals surface area contributed by atoms with Gasteiger partial charge in [0.05, 0.1) is 18.3 Å². The van der Waals surface area contributed by atoms with Gasteiger partial charge in [0.25, 0.3) is 0 Å². The van der Waals surface area contributed by atoms with E-state index in [0.29, 0.717) is 12.3 Å². The minimum Gasteiger partial charge on any atom is -0.413 e. The Bertz CT molecular complexity index is 502. The molecule has 0 amide bonds. The van der Waals surface area contributed by atoms with Crippen molar-refractivity contribution in [2.75, 3.05) is 6.61 Å². The number of rotatable bonds is 8. The zero-order valence-electron chi connectivity index (χ0n) is 17.9. The Morgan fingerprint density at radius 3 is 2.54 bits per heavy atom. The Morgan fingerprint density at radius 2 is 2.00 bits per heavy atom. The summed E-state index contributed by atoms with van der Waals surface area (Å²) in [4.78, 5) is 0. The molecule has 4 atom stereocenters. The van der Waals surface area contributed by atoms with Crippen LogP contribution in [0.15, 0.2) is 36.5 Å². The van der Waals surface area contributed by atoms with Gasteiger partial charge in [-0.15, -0.1) is 6.58 Å². The van der Waals surface area contributed by atoms with Gasteiger partial charge >= 0.3 is 0 Å². The average molecular weight is 381 g/mol. The number of allylic oxidation sites excluding steroid dienone is 4. The molecule has 4 heteroatoms. The van der Waals surface area contributed by atoms with Crippen LogP contribution in [0, 0.1) is 5.92 Å². The predicted octanol–water partition coefficient (Wildman–Crippen LogP) is 5.63. The summed E-state index contributed by atoms with van der Waals surface area (Å²) in [5.41, 5.74) is 1.19. The molecule has 0 radical (unpaired) electrons. The molecule has 1 rings (SSSR count). The van der Waals surface area contributed by atoms with E-state index < -0.39 is 8.32 Å². The van der Waals surface area contributed by atoms with Crippen molar-refractivity contribution in [1.82, 2.24) is 0 Å². The molecule has 0 aromatic carbocycles. The highest BCUT2D eigenvalue weighted by Gasteiger charge is 2.43. The Balaban J connectivity index is 2.97. The molecule has 1 saturated heterocycles. The van der Waals surface area contributed by atoms with Gasteiger partial charge in [-0.3, -0.25) is 0 Å². The molecule has 150 valence electrons. The van der Waals surface area contributed by atoms with Gasteiger partial charge in [0.1, 0.15) is 0 Å². The maximum Gasteiger partial charge on any atom is 0.192 e. The summed E-state index contributed by atoms with van der Waals surface area (Å²) in [6, 6.07) is 0. The fourth-order valence-corrected chi connectivity index (χ4v) is 4.40. The topological polar surface area (TPSA) is 38.7 Å². The molecule has 1 N–H and O–H groups in total. The Morgan fingerprint density at radius 1 is 1.35 bits per heavy atom. The van der Waals surface area contributed by atoms with E-state index in [2.05, 4.69) is 72.5 Å². The van der Waals surface area contributed by atoms with Gasteiger partial charge in [-0.25, -0.2) is 0 Å². The summed E-state index contributed by atoms with van der Waals surface area (Å²) in [7, 11) is -1.85. The predicted molar refractivity (Wildman–Crippen MR) is 114 cm³/mol. The fraction of sp³-hybridized carbons (Fsp3) is 0.727. The molecule has 1 aliphatic rings. The summed E-state index contributed by atoms with van der Waals surface area (Å²) >= 11 is 0. The van der Waals surface area contributed by atoms with E-state index in [1.54, 1.807) is 0 Å². The van der Waals surface area contributed by atoms with E-state index >= 15 is 0 Å². The minimum absolute atomic E-state index is 0.0171. The van der Waals surface area contributed by atoms with Crippen LogP contribution in [0.1, 0.15) is 53.9 Å². The zero-order chi connectivity index (χ0) is 20.0. The van der Waals surface area contributed by atoms with Crippen molar-refractivity contribution >= 4 is 8.32 Å². The van der Waals surface area contributed by atoms with Gasteiger partial charge in [-0.2, -0.15) is 0 Å². The Labute approximate surface area is 162 Å². The summed E-state index contributed by atoms with van der Waals surface area (Å²) in [6.45, 7) is 19.7. The lowest BCUT2D eigenvalue weighted by atomic mass is 9.88. The molecule has 26 heavy (non-hydrogen) atoms.